The fourth-order valence-electron chi connectivity index (χ4n) is 1.98. The maximum atomic E-state index is 12.1. The maximum absolute atomic E-state index is 12.1. The van der Waals surface area contributed by atoms with Crippen LogP contribution in [0.2, 0.25) is 0 Å². The van der Waals surface area contributed by atoms with E-state index in [1.807, 2.05) is 34.9 Å². The summed E-state index contributed by atoms with van der Waals surface area (Å²) < 4.78 is 1.82. The number of carbonyl (C=O) groups excluding carboxylic acids is 1. The average molecular weight is 295 g/mol. The summed E-state index contributed by atoms with van der Waals surface area (Å²) in [6.45, 7) is 0.593. The molecule has 3 aromatic rings. The monoisotopic (exact) mass is 295 g/mol. The third-order valence-corrected chi connectivity index (χ3v) is 3.05. The zero-order chi connectivity index (χ0) is 15.4. The summed E-state index contributed by atoms with van der Waals surface area (Å²) >= 11 is 0. The van der Waals surface area contributed by atoms with E-state index in [0.29, 0.717) is 12.5 Å². The van der Waals surface area contributed by atoms with Gasteiger partial charge in [-0.2, -0.15) is 5.10 Å². The number of benzene rings is 1. The van der Waals surface area contributed by atoms with Gasteiger partial charge < -0.3 is 4.57 Å². The van der Waals surface area contributed by atoms with Gasteiger partial charge in [-0.3, -0.25) is 14.9 Å². The number of nitrogens with zero attached hydrogens (tertiary/aromatic N) is 3. The van der Waals surface area contributed by atoms with E-state index in [2.05, 4.69) is 20.5 Å². The smallest absolute Gasteiger partial charge is 0.278 e. The predicted octanol–water partition coefficient (Wildman–Crippen LogP) is 1.27. The van der Waals surface area contributed by atoms with Gasteiger partial charge >= 0.3 is 0 Å². The molecule has 0 aliphatic heterocycles. The van der Waals surface area contributed by atoms with Crippen molar-refractivity contribution in [3.05, 3.63) is 76.5 Å². The molecule has 0 atom stereocenters. The SMILES string of the molecule is O=C(Nc1nccn1Cc1ccccc1)c1ccc(=O)[nH]n1. The lowest BCUT2D eigenvalue weighted by Gasteiger charge is -2.08. The first-order valence-electron chi connectivity index (χ1n) is 6.64. The van der Waals surface area contributed by atoms with Crippen molar-refractivity contribution in [3.8, 4) is 0 Å². The number of rotatable bonds is 4. The fourth-order valence-corrected chi connectivity index (χ4v) is 1.98. The molecule has 7 nitrogen and oxygen atoms in total. The molecule has 0 aliphatic rings. The third kappa shape index (κ3) is 3.09. The molecule has 2 heterocycles. The van der Waals surface area contributed by atoms with Crippen molar-refractivity contribution in [3.63, 3.8) is 0 Å². The lowest BCUT2D eigenvalue weighted by atomic mass is 10.2. The number of hydrogen-bond acceptors (Lipinski definition) is 4. The van der Waals surface area contributed by atoms with E-state index in [0.717, 1.165) is 5.56 Å². The van der Waals surface area contributed by atoms with Crippen LogP contribution in [0, 0.1) is 0 Å². The Kier molecular flexibility index (Phi) is 3.78. The summed E-state index contributed by atoms with van der Waals surface area (Å²) in [5, 5.41) is 8.58. The number of imidazole rings is 1. The van der Waals surface area contributed by atoms with Gasteiger partial charge in [0.2, 0.25) is 5.95 Å². The van der Waals surface area contributed by atoms with Gasteiger partial charge in [-0.15, -0.1) is 0 Å². The van der Waals surface area contributed by atoms with Crippen LogP contribution in [0.5, 0.6) is 0 Å². The molecule has 2 aromatic heterocycles. The van der Waals surface area contributed by atoms with Crippen molar-refractivity contribution >= 4 is 11.9 Å². The summed E-state index contributed by atoms with van der Waals surface area (Å²) in [5.74, 6) is -0.0152. The summed E-state index contributed by atoms with van der Waals surface area (Å²) in [4.78, 5) is 27.2. The van der Waals surface area contributed by atoms with Gasteiger partial charge in [0.05, 0.1) is 6.54 Å². The van der Waals surface area contributed by atoms with E-state index in [4.69, 9.17) is 0 Å². The van der Waals surface area contributed by atoms with Crippen molar-refractivity contribution < 1.29 is 4.79 Å². The van der Waals surface area contributed by atoms with Gasteiger partial charge in [0.1, 0.15) is 5.69 Å². The quantitative estimate of drug-likeness (QED) is 0.758. The number of amides is 1. The molecular formula is C15H13N5O2. The molecule has 2 N–H and O–H groups in total. The topological polar surface area (TPSA) is 92.7 Å². The first kappa shape index (κ1) is 13.7. The van der Waals surface area contributed by atoms with E-state index in [1.54, 1.807) is 12.4 Å². The normalized spacial score (nSPS) is 10.4. The van der Waals surface area contributed by atoms with Crippen LogP contribution in [0.4, 0.5) is 5.95 Å². The second-order valence-electron chi connectivity index (χ2n) is 4.62. The van der Waals surface area contributed by atoms with Crippen LogP contribution in [0.25, 0.3) is 0 Å². The molecular weight excluding hydrogens is 282 g/mol. The standard InChI is InChI=1S/C15H13N5O2/c21-13-7-6-12(18-19-13)14(22)17-15-16-8-9-20(15)10-11-4-2-1-3-5-11/h1-9H,10H2,(H,19,21)(H,16,17,22). The summed E-state index contributed by atoms with van der Waals surface area (Å²) in [6.07, 6.45) is 3.39. The zero-order valence-corrected chi connectivity index (χ0v) is 11.6. The predicted molar refractivity (Wildman–Crippen MR) is 80.6 cm³/mol. The van der Waals surface area contributed by atoms with Crippen molar-refractivity contribution in [2.45, 2.75) is 6.54 Å². The van der Waals surface area contributed by atoms with Gasteiger partial charge in [-0.25, -0.2) is 10.1 Å². The molecule has 0 radical (unpaired) electrons. The Hall–Kier alpha value is -3.22. The first-order valence-corrected chi connectivity index (χ1v) is 6.64. The Morgan fingerprint density at radius 3 is 2.73 bits per heavy atom. The number of H-pyrrole nitrogens is 1. The van der Waals surface area contributed by atoms with Gasteiger partial charge in [-0.1, -0.05) is 30.3 Å². The maximum Gasteiger partial charge on any atom is 0.278 e. The third-order valence-electron chi connectivity index (χ3n) is 3.05. The lowest BCUT2D eigenvalue weighted by molar-refractivity contribution is 0.102. The molecule has 1 aromatic carbocycles. The van der Waals surface area contributed by atoms with Crippen molar-refractivity contribution in [2.75, 3.05) is 5.32 Å². The fraction of sp³-hybridized carbons (Fsp3) is 0.0667. The van der Waals surface area contributed by atoms with Crippen LogP contribution < -0.4 is 10.9 Å². The minimum Gasteiger partial charge on any atom is -0.313 e. The number of hydrogen-bond donors (Lipinski definition) is 2. The molecule has 0 fully saturated rings. The summed E-state index contributed by atoms with van der Waals surface area (Å²) in [5.41, 5.74) is 0.856. The molecule has 0 aliphatic carbocycles. The molecule has 0 unspecified atom stereocenters. The van der Waals surface area contributed by atoms with E-state index < -0.39 is 5.91 Å². The molecule has 0 bridgehead atoms. The van der Waals surface area contributed by atoms with Crippen LogP contribution >= 0.6 is 0 Å². The minimum atomic E-state index is -0.434. The Bertz CT molecular complexity index is 818. The molecule has 1 amide bonds. The van der Waals surface area contributed by atoms with E-state index in [9.17, 15) is 9.59 Å². The van der Waals surface area contributed by atoms with Crippen molar-refractivity contribution in [1.82, 2.24) is 19.7 Å². The van der Waals surface area contributed by atoms with Crippen LogP contribution in [-0.4, -0.2) is 25.7 Å². The molecule has 0 saturated heterocycles. The van der Waals surface area contributed by atoms with E-state index >= 15 is 0 Å². The first-order chi connectivity index (χ1) is 10.7. The highest BCUT2D eigenvalue weighted by atomic mass is 16.2. The van der Waals surface area contributed by atoms with Crippen molar-refractivity contribution in [1.29, 1.82) is 0 Å². The number of carbonyl (C=O) groups is 1. The average Bonchev–Trinajstić information content (AvgIpc) is 2.96. The zero-order valence-electron chi connectivity index (χ0n) is 11.6. The lowest BCUT2D eigenvalue weighted by Crippen LogP contribution is -2.19. The molecule has 0 saturated carbocycles. The number of aromatic nitrogens is 4. The molecule has 110 valence electrons. The highest BCUT2D eigenvalue weighted by Crippen LogP contribution is 2.10. The van der Waals surface area contributed by atoms with Crippen LogP contribution in [0.15, 0.2) is 59.7 Å². The highest BCUT2D eigenvalue weighted by molar-refractivity contribution is 6.01. The largest absolute Gasteiger partial charge is 0.313 e. The Morgan fingerprint density at radius 1 is 1.18 bits per heavy atom. The molecule has 3 rings (SSSR count). The number of anilines is 1. The number of aromatic amines is 1. The Morgan fingerprint density at radius 2 is 2.00 bits per heavy atom. The minimum absolute atomic E-state index is 0.119. The Labute approximate surface area is 125 Å². The van der Waals surface area contributed by atoms with E-state index in [1.165, 1.54) is 12.1 Å². The summed E-state index contributed by atoms with van der Waals surface area (Å²) in [7, 11) is 0. The van der Waals surface area contributed by atoms with Gasteiger partial charge in [0, 0.05) is 18.5 Å². The molecule has 7 heteroatoms. The Balaban J connectivity index is 1.76. The van der Waals surface area contributed by atoms with Gasteiger partial charge in [0.15, 0.2) is 0 Å². The summed E-state index contributed by atoms with van der Waals surface area (Å²) in [6, 6.07) is 12.5. The highest BCUT2D eigenvalue weighted by Gasteiger charge is 2.11. The van der Waals surface area contributed by atoms with Crippen LogP contribution in [0.1, 0.15) is 16.1 Å². The van der Waals surface area contributed by atoms with Gasteiger partial charge in [-0.05, 0) is 11.6 Å². The molecule has 0 spiro atoms. The van der Waals surface area contributed by atoms with Gasteiger partial charge in [0.25, 0.3) is 11.5 Å². The van der Waals surface area contributed by atoms with E-state index in [-0.39, 0.29) is 11.3 Å². The molecule has 22 heavy (non-hydrogen) atoms. The second-order valence-corrected chi connectivity index (χ2v) is 4.62. The van der Waals surface area contributed by atoms with Crippen LogP contribution in [-0.2, 0) is 6.54 Å². The van der Waals surface area contributed by atoms with Crippen LogP contribution in [0.3, 0.4) is 0 Å². The number of nitrogens with one attached hydrogen (secondary N) is 2. The van der Waals surface area contributed by atoms with Crippen molar-refractivity contribution in [2.24, 2.45) is 0 Å². The second kappa shape index (κ2) is 6.04.